The van der Waals surface area contributed by atoms with Crippen molar-refractivity contribution in [3.8, 4) is 5.75 Å². The highest BCUT2D eigenvalue weighted by atomic mass is 79.9. The van der Waals surface area contributed by atoms with Crippen molar-refractivity contribution in [3.05, 3.63) is 53.0 Å². The number of methoxy groups -OCH3 is 1. The van der Waals surface area contributed by atoms with Gasteiger partial charge in [-0.05, 0) is 42.5 Å². The Balaban J connectivity index is 1.88. The normalized spacial score (nSPS) is 11.4. The van der Waals surface area contributed by atoms with Crippen LogP contribution >= 0.6 is 27.7 Å². The molecule has 7 heteroatoms. The summed E-state index contributed by atoms with van der Waals surface area (Å²) in [5.74, 6) is 1.18. The number of rotatable bonds is 8. The number of ether oxygens (including phenoxy) is 1. The first-order valence-electron chi connectivity index (χ1n) is 7.04. The second kappa shape index (κ2) is 8.73. The van der Waals surface area contributed by atoms with Crippen molar-refractivity contribution in [3.63, 3.8) is 0 Å². The Labute approximate surface area is 149 Å². The molecule has 23 heavy (non-hydrogen) atoms. The summed E-state index contributed by atoms with van der Waals surface area (Å²) in [6.07, 6.45) is 0.745. The molecule has 0 saturated carbocycles. The summed E-state index contributed by atoms with van der Waals surface area (Å²) < 4.78 is 33.2. The van der Waals surface area contributed by atoms with Gasteiger partial charge in [0.25, 0.3) is 0 Å². The maximum atomic E-state index is 12.4. The number of benzene rings is 2. The Morgan fingerprint density at radius 3 is 2.61 bits per heavy atom. The Bertz CT molecular complexity index is 736. The number of halogens is 1. The first kappa shape index (κ1) is 18.3. The molecule has 0 radical (unpaired) electrons. The molecule has 2 aromatic rings. The smallest absolute Gasteiger partial charge is 0.244 e. The van der Waals surface area contributed by atoms with E-state index in [2.05, 4.69) is 20.7 Å². The molecular weight excluding hydrogens is 398 g/mol. The summed E-state index contributed by atoms with van der Waals surface area (Å²) in [6.45, 7) is 0.387. The van der Waals surface area contributed by atoms with E-state index in [9.17, 15) is 8.42 Å². The van der Waals surface area contributed by atoms with Gasteiger partial charge in [0.05, 0.1) is 7.11 Å². The summed E-state index contributed by atoms with van der Waals surface area (Å²) in [5.41, 5.74) is 0. The number of hydrogen-bond acceptors (Lipinski definition) is 4. The molecule has 0 atom stereocenters. The van der Waals surface area contributed by atoms with E-state index in [-0.39, 0.29) is 4.90 Å². The maximum Gasteiger partial charge on any atom is 0.244 e. The molecule has 4 nitrogen and oxygen atoms in total. The minimum absolute atomic E-state index is 0.144. The molecule has 0 bridgehead atoms. The molecule has 0 aliphatic carbocycles. The predicted molar refractivity (Wildman–Crippen MR) is 97.7 cm³/mol. The molecule has 0 unspecified atom stereocenters. The third-order valence-electron chi connectivity index (χ3n) is 3.04. The van der Waals surface area contributed by atoms with Crippen LogP contribution in [-0.4, -0.2) is 27.8 Å². The predicted octanol–water partition coefficient (Wildman–Crippen LogP) is 3.92. The van der Waals surface area contributed by atoms with Crippen molar-refractivity contribution in [1.82, 2.24) is 4.72 Å². The van der Waals surface area contributed by atoms with Crippen LogP contribution < -0.4 is 9.46 Å². The van der Waals surface area contributed by atoms with Crippen molar-refractivity contribution >= 4 is 37.7 Å². The molecule has 0 spiro atoms. The van der Waals surface area contributed by atoms with E-state index in [4.69, 9.17) is 4.74 Å². The topological polar surface area (TPSA) is 55.4 Å². The molecule has 0 amide bonds. The van der Waals surface area contributed by atoms with Crippen LogP contribution in [0.5, 0.6) is 5.75 Å². The van der Waals surface area contributed by atoms with Crippen molar-refractivity contribution in [1.29, 1.82) is 0 Å². The molecule has 1 N–H and O–H groups in total. The van der Waals surface area contributed by atoms with Gasteiger partial charge in [0.1, 0.15) is 10.6 Å². The van der Waals surface area contributed by atoms with E-state index in [1.807, 2.05) is 30.3 Å². The molecule has 0 aromatic heterocycles. The zero-order valence-electron chi connectivity index (χ0n) is 12.7. The highest BCUT2D eigenvalue weighted by molar-refractivity contribution is 9.10. The van der Waals surface area contributed by atoms with Gasteiger partial charge in [-0.1, -0.05) is 34.1 Å². The third kappa shape index (κ3) is 5.53. The fraction of sp³-hybridized carbons (Fsp3) is 0.250. The van der Waals surface area contributed by atoms with Gasteiger partial charge < -0.3 is 4.74 Å². The van der Waals surface area contributed by atoms with Gasteiger partial charge in [-0.15, -0.1) is 11.8 Å². The van der Waals surface area contributed by atoms with Crippen molar-refractivity contribution in [2.45, 2.75) is 16.2 Å². The first-order chi connectivity index (χ1) is 11.0. The van der Waals surface area contributed by atoms with Crippen molar-refractivity contribution < 1.29 is 13.2 Å². The van der Waals surface area contributed by atoms with Gasteiger partial charge in [-0.25, -0.2) is 13.1 Å². The lowest BCUT2D eigenvalue weighted by molar-refractivity contribution is 0.402. The zero-order chi connectivity index (χ0) is 16.7. The molecule has 2 aromatic carbocycles. The van der Waals surface area contributed by atoms with E-state index in [0.717, 1.165) is 12.2 Å². The van der Waals surface area contributed by atoms with Gasteiger partial charge >= 0.3 is 0 Å². The lowest BCUT2D eigenvalue weighted by atomic mass is 10.3. The minimum atomic E-state index is -3.58. The zero-order valence-corrected chi connectivity index (χ0v) is 15.9. The molecular formula is C16H18BrNO3S2. The van der Waals surface area contributed by atoms with Gasteiger partial charge in [-0.3, -0.25) is 0 Å². The standard InChI is InChI=1S/C16H18BrNO3S2/c1-21-15-9-8-13(17)12-16(15)23(19,20)18-10-5-11-22-14-6-3-2-4-7-14/h2-4,6-9,12,18H,5,10-11H2,1H3. The Morgan fingerprint density at radius 1 is 1.17 bits per heavy atom. The fourth-order valence-corrected chi connectivity index (χ4v) is 4.58. The van der Waals surface area contributed by atoms with E-state index < -0.39 is 10.0 Å². The second-order valence-electron chi connectivity index (χ2n) is 4.71. The van der Waals surface area contributed by atoms with Gasteiger partial charge in [0, 0.05) is 15.9 Å². The molecule has 0 aliphatic rings. The van der Waals surface area contributed by atoms with Crippen LogP contribution in [0.1, 0.15) is 6.42 Å². The maximum absolute atomic E-state index is 12.4. The van der Waals surface area contributed by atoms with Gasteiger partial charge in [0.2, 0.25) is 10.0 Å². The van der Waals surface area contributed by atoms with Gasteiger partial charge in [0.15, 0.2) is 0 Å². The summed E-state index contributed by atoms with van der Waals surface area (Å²) in [6, 6.07) is 15.0. The van der Waals surface area contributed by atoms with E-state index in [1.165, 1.54) is 12.0 Å². The quantitative estimate of drug-likeness (QED) is 0.524. The van der Waals surface area contributed by atoms with E-state index in [1.54, 1.807) is 30.0 Å². The Kier molecular flexibility index (Phi) is 6.95. The first-order valence-corrected chi connectivity index (χ1v) is 10.3. The Hall–Kier alpha value is -1.02. The van der Waals surface area contributed by atoms with Crippen LogP contribution in [-0.2, 0) is 10.0 Å². The Morgan fingerprint density at radius 2 is 1.91 bits per heavy atom. The highest BCUT2D eigenvalue weighted by Gasteiger charge is 2.19. The van der Waals surface area contributed by atoms with Crippen molar-refractivity contribution in [2.24, 2.45) is 0 Å². The number of nitrogens with one attached hydrogen (secondary N) is 1. The lowest BCUT2D eigenvalue weighted by Gasteiger charge is -2.11. The minimum Gasteiger partial charge on any atom is -0.495 e. The van der Waals surface area contributed by atoms with Crippen LogP contribution in [0.2, 0.25) is 0 Å². The fourth-order valence-electron chi connectivity index (χ4n) is 1.92. The monoisotopic (exact) mass is 415 g/mol. The van der Waals surface area contributed by atoms with Crippen LogP contribution in [0.3, 0.4) is 0 Å². The van der Waals surface area contributed by atoms with Crippen LogP contribution in [0.25, 0.3) is 0 Å². The molecule has 0 aliphatic heterocycles. The lowest BCUT2D eigenvalue weighted by Crippen LogP contribution is -2.25. The average molecular weight is 416 g/mol. The third-order valence-corrected chi connectivity index (χ3v) is 6.11. The number of sulfonamides is 1. The average Bonchev–Trinajstić information content (AvgIpc) is 2.55. The second-order valence-corrected chi connectivity index (χ2v) is 8.53. The summed E-state index contributed by atoms with van der Waals surface area (Å²) in [4.78, 5) is 1.33. The number of thioether (sulfide) groups is 1. The molecule has 124 valence electrons. The SMILES string of the molecule is COc1ccc(Br)cc1S(=O)(=O)NCCCSc1ccccc1. The molecule has 2 rings (SSSR count). The summed E-state index contributed by atoms with van der Waals surface area (Å²) in [5, 5.41) is 0. The van der Waals surface area contributed by atoms with Crippen LogP contribution in [0.15, 0.2) is 62.8 Å². The van der Waals surface area contributed by atoms with Crippen LogP contribution in [0.4, 0.5) is 0 Å². The van der Waals surface area contributed by atoms with E-state index >= 15 is 0 Å². The van der Waals surface area contributed by atoms with Crippen LogP contribution in [0, 0.1) is 0 Å². The molecule has 0 fully saturated rings. The summed E-state index contributed by atoms with van der Waals surface area (Å²) >= 11 is 5.00. The molecule has 0 heterocycles. The van der Waals surface area contributed by atoms with E-state index in [0.29, 0.717) is 16.8 Å². The largest absolute Gasteiger partial charge is 0.495 e. The van der Waals surface area contributed by atoms with Gasteiger partial charge in [-0.2, -0.15) is 0 Å². The number of hydrogen-bond donors (Lipinski definition) is 1. The molecule has 0 saturated heterocycles. The highest BCUT2D eigenvalue weighted by Crippen LogP contribution is 2.27. The summed E-state index contributed by atoms with van der Waals surface area (Å²) in [7, 11) is -2.13. The van der Waals surface area contributed by atoms with Crippen molar-refractivity contribution in [2.75, 3.05) is 19.4 Å².